The van der Waals surface area contributed by atoms with Gasteiger partial charge < -0.3 is 9.47 Å². The third-order valence-corrected chi connectivity index (χ3v) is 3.90. The van der Waals surface area contributed by atoms with Gasteiger partial charge in [-0.1, -0.05) is 24.3 Å². The summed E-state index contributed by atoms with van der Waals surface area (Å²) in [6, 6.07) is 12.6. The standard InChI is InChI=1S/C18H22FNO2/c1-13(14-7-5-9-16(19)11-14)20(2)12-15-8-6-10-17(21-3)18(15)22-4/h5-11,13H,12H2,1-4H3. The lowest BCUT2D eigenvalue weighted by Crippen LogP contribution is -2.22. The number of benzene rings is 2. The summed E-state index contributed by atoms with van der Waals surface area (Å²) in [4.78, 5) is 2.14. The summed E-state index contributed by atoms with van der Waals surface area (Å²) in [5.74, 6) is 1.24. The number of rotatable bonds is 6. The second-order valence-electron chi connectivity index (χ2n) is 5.30. The van der Waals surface area contributed by atoms with Crippen molar-refractivity contribution in [2.24, 2.45) is 0 Å². The highest BCUT2D eigenvalue weighted by molar-refractivity contribution is 5.46. The first kappa shape index (κ1) is 16.3. The minimum absolute atomic E-state index is 0.0895. The molecule has 0 heterocycles. The van der Waals surface area contributed by atoms with Crippen LogP contribution in [0.25, 0.3) is 0 Å². The van der Waals surface area contributed by atoms with E-state index < -0.39 is 0 Å². The Hall–Kier alpha value is -2.07. The average Bonchev–Trinajstić information content (AvgIpc) is 2.53. The van der Waals surface area contributed by atoms with Crippen LogP contribution in [0.5, 0.6) is 11.5 Å². The molecule has 1 atom stereocenters. The highest BCUT2D eigenvalue weighted by atomic mass is 19.1. The number of methoxy groups -OCH3 is 2. The Morgan fingerprint density at radius 1 is 1.09 bits per heavy atom. The Balaban J connectivity index is 2.20. The lowest BCUT2D eigenvalue weighted by Gasteiger charge is -2.26. The van der Waals surface area contributed by atoms with Gasteiger partial charge in [-0.15, -0.1) is 0 Å². The van der Waals surface area contributed by atoms with E-state index in [0.29, 0.717) is 12.3 Å². The van der Waals surface area contributed by atoms with Crippen molar-refractivity contribution in [3.63, 3.8) is 0 Å². The molecule has 0 aliphatic rings. The summed E-state index contributed by atoms with van der Waals surface area (Å²) >= 11 is 0. The number of hydrogen-bond donors (Lipinski definition) is 0. The highest BCUT2D eigenvalue weighted by Gasteiger charge is 2.16. The Morgan fingerprint density at radius 3 is 2.45 bits per heavy atom. The molecule has 3 nitrogen and oxygen atoms in total. The normalized spacial score (nSPS) is 12.3. The second kappa shape index (κ2) is 7.27. The van der Waals surface area contributed by atoms with Gasteiger partial charge in [0.1, 0.15) is 5.82 Å². The molecule has 2 aromatic rings. The van der Waals surface area contributed by atoms with Gasteiger partial charge in [0.05, 0.1) is 14.2 Å². The number of ether oxygens (including phenoxy) is 2. The van der Waals surface area contributed by atoms with Crippen molar-refractivity contribution < 1.29 is 13.9 Å². The molecule has 0 aliphatic heterocycles. The molecule has 0 aliphatic carbocycles. The molecule has 0 N–H and O–H groups in total. The zero-order valence-corrected chi connectivity index (χ0v) is 13.5. The minimum Gasteiger partial charge on any atom is -0.493 e. The molecule has 2 rings (SSSR count). The molecular weight excluding hydrogens is 281 g/mol. The van der Waals surface area contributed by atoms with Gasteiger partial charge in [0.25, 0.3) is 0 Å². The smallest absolute Gasteiger partial charge is 0.165 e. The van der Waals surface area contributed by atoms with E-state index in [-0.39, 0.29) is 11.9 Å². The van der Waals surface area contributed by atoms with Crippen LogP contribution < -0.4 is 9.47 Å². The van der Waals surface area contributed by atoms with E-state index in [1.54, 1.807) is 26.4 Å². The highest BCUT2D eigenvalue weighted by Crippen LogP contribution is 2.32. The zero-order valence-electron chi connectivity index (χ0n) is 13.5. The first-order valence-electron chi connectivity index (χ1n) is 7.22. The SMILES string of the molecule is COc1cccc(CN(C)C(C)c2cccc(F)c2)c1OC. The van der Waals surface area contributed by atoms with Crippen LogP contribution in [0.2, 0.25) is 0 Å². The van der Waals surface area contributed by atoms with Crippen molar-refractivity contribution in [3.8, 4) is 11.5 Å². The third kappa shape index (κ3) is 3.57. The fourth-order valence-corrected chi connectivity index (χ4v) is 2.50. The van der Waals surface area contributed by atoms with Crippen LogP contribution in [0.3, 0.4) is 0 Å². The van der Waals surface area contributed by atoms with Gasteiger partial charge in [-0.3, -0.25) is 4.90 Å². The fourth-order valence-electron chi connectivity index (χ4n) is 2.50. The summed E-state index contributed by atoms with van der Waals surface area (Å²) in [6.07, 6.45) is 0. The van der Waals surface area contributed by atoms with Crippen molar-refractivity contribution in [2.45, 2.75) is 19.5 Å². The molecule has 118 valence electrons. The number of halogens is 1. The Bertz CT molecular complexity index is 630. The van der Waals surface area contributed by atoms with E-state index in [0.717, 1.165) is 16.9 Å². The maximum atomic E-state index is 13.4. The topological polar surface area (TPSA) is 21.7 Å². The fraction of sp³-hybridized carbons (Fsp3) is 0.333. The van der Waals surface area contributed by atoms with Crippen molar-refractivity contribution in [2.75, 3.05) is 21.3 Å². The van der Waals surface area contributed by atoms with E-state index in [2.05, 4.69) is 11.8 Å². The van der Waals surface area contributed by atoms with Crippen LogP contribution in [-0.2, 0) is 6.54 Å². The lowest BCUT2D eigenvalue weighted by atomic mass is 10.1. The van der Waals surface area contributed by atoms with E-state index in [1.165, 1.54) is 6.07 Å². The molecule has 0 amide bonds. The van der Waals surface area contributed by atoms with Gasteiger partial charge in [0.2, 0.25) is 0 Å². The second-order valence-corrected chi connectivity index (χ2v) is 5.30. The molecule has 0 bridgehead atoms. The van der Waals surface area contributed by atoms with Crippen LogP contribution in [0.4, 0.5) is 4.39 Å². The Morgan fingerprint density at radius 2 is 1.82 bits per heavy atom. The Labute approximate surface area is 131 Å². The van der Waals surface area contributed by atoms with Crippen molar-refractivity contribution in [3.05, 3.63) is 59.4 Å². The first-order valence-corrected chi connectivity index (χ1v) is 7.22. The average molecular weight is 303 g/mol. The molecule has 4 heteroatoms. The first-order chi connectivity index (χ1) is 10.6. The molecular formula is C18H22FNO2. The maximum absolute atomic E-state index is 13.4. The summed E-state index contributed by atoms with van der Waals surface area (Å²) in [6.45, 7) is 2.74. The number of para-hydroxylation sites is 1. The minimum atomic E-state index is -0.211. The monoisotopic (exact) mass is 303 g/mol. The van der Waals surface area contributed by atoms with Gasteiger partial charge in [-0.25, -0.2) is 4.39 Å². The summed E-state index contributed by atoms with van der Waals surface area (Å²) < 4.78 is 24.2. The van der Waals surface area contributed by atoms with E-state index in [9.17, 15) is 4.39 Å². The van der Waals surface area contributed by atoms with Crippen LogP contribution in [0.1, 0.15) is 24.1 Å². The van der Waals surface area contributed by atoms with Gasteiger partial charge in [0.15, 0.2) is 11.5 Å². The largest absolute Gasteiger partial charge is 0.493 e. The predicted octanol–water partition coefficient (Wildman–Crippen LogP) is 4.04. The van der Waals surface area contributed by atoms with Gasteiger partial charge in [-0.2, -0.15) is 0 Å². The lowest BCUT2D eigenvalue weighted by molar-refractivity contribution is 0.247. The summed E-state index contributed by atoms with van der Waals surface area (Å²) in [7, 11) is 5.27. The summed E-state index contributed by atoms with van der Waals surface area (Å²) in [5.41, 5.74) is 1.98. The van der Waals surface area contributed by atoms with Gasteiger partial charge in [-0.05, 0) is 37.7 Å². The Kier molecular flexibility index (Phi) is 5.39. The number of nitrogens with zero attached hydrogens (tertiary/aromatic N) is 1. The van der Waals surface area contributed by atoms with Crippen molar-refractivity contribution in [1.29, 1.82) is 0 Å². The van der Waals surface area contributed by atoms with E-state index in [1.807, 2.05) is 31.3 Å². The zero-order chi connectivity index (χ0) is 16.1. The van der Waals surface area contributed by atoms with Gasteiger partial charge >= 0.3 is 0 Å². The molecule has 0 radical (unpaired) electrons. The van der Waals surface area contributed by atoms with Crippen LogP contribution >= 0.6 is 0 Å². The molecule has 0 aromatic heterocycles. The van der Waals surface area contributed by atoms with Crippen LogP contribution in [0, 0.1) is 5.82 Å². The molecule has 0 saturated heterocycles. The van der Waals surface area contributed by atoms with Crippen molar-refractivity contribution in [1.82, 2.24) is 4.90 Å². The summed E-state index contributed by atoms with van der Waals surface area (Å²) in [5, 5.41) is 0. The molecule has 2 aromatic carbocycles. The molecule has 1 unspecified atom stereocenters. The molecule has 0 fully saturated rings. The van der Waals surface area contributed by atoms with E-state index in [4.69, 9.17) is 9.47 Å². The van der Waals surface area contributed by atoms with Gasteiger partial charge in [0, 0.05) is 18.2 Å². The molecule has 22 heavy (non-hydrogen) atoms. The predicted molar refractivity (Wildman–Crippen MR) is 85.8 cm³/mol. The van der Waals surface area contributed by atoms with Crippen molar-refractivity contribution >= 4 is 0 Å². The van der Waals surface area contributed by atoms with E-state index >= 15 is 0 Å². The maximum Gasteiger partial charge on any atom is 0.165 e. The molecule has 0 saturated carbocycles. The third-order valence-electron chi connectivity index (χ3n) is 3.90. The quantitative estimate of drug-likeness (QED) is 0.804. The van der Waals surface area contributed by atoms with Crippen LogP contribution in [-0.4, -0.2) is 26.2 Å². The van der Waals surface area contributed by atoms with Crippen LogP contribution in [0.15, 0.2) is 42.5 Å². The number of hydrogen-bond acceptors (Lipinski definition) is 3. The molecule has 0 spiro atoms.